The van der Waals surface area contributed by atoms with Crippen molar-refractivity contribution in [2.24, 2.45) is 17.3 Å². The number of hydrogen-bond donors (Lipinski definition) is 0. The Kier molecular flexibility index (Phi) is 4.50. The summed E-state index contributed by atoms with van der Waals surface area (Å²) in [5, 5.41) is 0. The van der Waals surface area contributed by atoms with E-state index in [1.54, 1.807) is 4.90 Å². The zero-order valence-corrected chi connectivity index (χ0v) is 14.8. The first-order valence-electron chi connectivity index (χ1n) is 8.76. The van der Waals surface area contributed by atoms with Crippen LogP contribution >= 0.6 is 0 Å². The van der Waals surface area contributed by atoms with Gasteiger partial charge < -0.3 is 9.64 Å². The Labute approximate surface area is 146 Å². The van der Waals surface area contributed by atoms with E-state index >= 15 is 0 Å². The van der Waals surface area contributed by atoms with Gasteiger partial charge in [0.2, 0.25) is 5.91 Å². The molecule has 0 aromatic heterocycles. The van der Waals surface area contributed by atoms with Crippen LogP contribution in [-0.2, 0) is 17.5 Å². The van der Waals surface area contributed by atoms with Gasteiger partial charge in [-0.1, -0.05) is 20.8 Å². The summed E-state index contributed by atoms with van der Waals surface area (Å²) in [4.78, 5) is 14.8. The molecule has 1 heterocycles. The number of hydrogen-bond acceptors (Lipinski definition) is 2. The molecular weight excluding hydrogens is 331 g/mol. The topological polar surface area (TPSA) is 29.5 Å². The van der Waals surface area contributed by atoms with Gasteiger partial charge in [-0.3, -0.25) is 4.79 Å². The van der Waals surface area contributed by atoms with Crippen LogP contribution in [0.2, 0.25) is 0 Å². The van der Waals surface area contributed by atoms with E-state index in [0.29, 0.717) is 17.2 Å². The van der Waals surface area contributed by atoms with Gasteiger partial charge in [0, 0.05) is 5.56 Å². The summed E-state index contributed by atoms with van der Waals surface area (Å²) in [5.74, 6) is 1.11. The predicted molar refractivity (Wildman–Crippen MR) is 87.8 cm³/mol. The SMILES string of the molecule is CC(C)[C@]1(C(=O)N2COc3ccc(C(F)(F)F)cc3C2)CC[C@@H](C)C1. The van der Waals surface area contributed by atoms with Gasteiger partial charge in [-0.25, -0.2) is 0 Å². The van der Waals surface area contributed by atoms with Crippen molar-refractivity contribution in [3.8, 4) is 5.75 Å². The molecule has 6 heteroatoms. The Balaban J connectivity index is 1.85. The average molecular weight is 355 g/mol. The fourth-order valence-corrected chi connectivity index (χ4v) is 4.16. The monoisotopic (exact) mass is 355 g/mol. The van der Waals surface area contributed by atoms with Crippen molar-refractivity contribution in [1.82, 2.24) is 4.90 Å². The van der Waals surface area contributed by atoms with Crippen LogP contribution < -0.4 is 4.74 Å². The van der Waals surface area contributed by atoms with Crippen LogP contribution in [0.3, 0.4) is 0 Å². The van der Waals surface area contributed by atoms with E-state index < -0.39 is 17.2 Å². The molecule has 1 aromatic carbocycles. The average Bonchev–Trinajstić information content (AvgIpc) is 2.95. The Bertz CT molecular complexity index is 671. The highest BCUT2D eigenvalue weighted by atomic mass is 19.4. The van der Waals surface area contributed by atoms with E-state index in [1.165, 1.54) is 6.07 Å². The lowest BCUT2D eigenvalue weighted by atomic mass is 9.74. The molecule has 1 aliphatic carbocycles. The van der Waals surface area contributed by atoms with Crippen LogP contribution in [0.25, 0.3) is 0 Å². The molecular formula is C19H24F3NO2. The molecule has 0 bridgehead atoms. The fourth-order valence-electron chi connectivity index (χ4n) is 4.16. The maximum absolute atomic E-state index is 13.2. The summed E-state index contributed by atoms with van der Waals surface area (Å²) in [6, 6.07) is 3.45. The molecule has 0 unspecified atom stereocenters. The molecule has 0 radical (unpaired) electrons. The lowest BCUT2D eigenvalue weighted by Gasteiger charge is -2.39. The Hall–Kier alpha value is -1.72. The molecule has 1 amide bonds. The largest absolute Gasteiger partial charge is 0.473 e. The summed E-state index contributed by atoms with van der Waals surface area (Å²) >= 11 is 0. The van der Waals surface area contributed by atoms with Crippen molar-refractivity contribution >= 4 is 5.91 Å². The van der Waals surface area contributed by atoms with Crippen LogP contribution in [0.5, 0.6) is 5.75 Å². The van der Waals surface area contributed by atoms with Gasteiger partial charge in [0.05, 0.1) is 17.5 Å². The van der Waals surface area contributed by atoms with Crippen LogP contribution in [0, 0.1) is 17.3 Å². The maximum Gasteiger partial charge on any atom is 0.416 e. The number of alkyl halides is 3. The number of carbonyl (C=O) groups is 1. The minimum atomic E-state index is -4.40. The Morgan fingerprint density at radius 2 is 2.08 bits per heavy atom. The molecule has 2 atom stereocenters. The first kappa shape index (κ1) is 18.1. The molecule has 25 heavy (non-hydrogen) atoms. The lowest BCUT2D eigenvalue weighted by Crippen LogP contribution is -2.48. The standard InChI is InChI=1S/C19H24F3NO2/c1-12(2)18(7-6-13(3)9-18)17(24)23-10-14-8-15(19(20,21)22)4-5-16(14)25-11-23/h4-5,8,12-13H,6-7,9-11H2,1-3H3/t13-,18+/m1/s1. The summed E-state index contributed by atoms with van der Waals surface area (Å²) in [5.41, 5.74) is -0.723. The molecule has 1 aliphatic heterocycles. The van der Waals surface area contributed by atoms with Crippen molar-refractivity contribution in [3.63, 3.8) is 0 Å². The van der Waals surface area contributed by atoms with Crippen LogP contribution in [-0.4, -0.2) is 17.5 Å². The van der Waals surface area contributed by atoms with Crippen molar-refractivity contribution in [1.29, 1.82) is 0 Å². The lowest BCUT2D eigenvalue weighted by molar-refractivity contribution is -0.150. The van der Waals surface area contributed by atoms with Gasteiger partial charge in [-0.2, -0.15) is 13.2 Å². The Morgan fingerprint density at radius 3 is 2.64 bits per heavy atom. The summed E-state index contributed by atoms with van der Waals surface area (Å²) in [6.45, 7) is 6.52. The minimum absolute atomic E-state index is 0.00918. The number of nitrogens with zero attached hydrogens (tertiary/aromatic N) is 1. The molecule has 1 saturated carbocycles. The number of rotatable bonds is 2. The van der Waals surface area contributed by atoms with Gasteiger partial charge in [0.15, 0.2) is 6.73 Å². The van der Waals surface area contributed by atoms with Gasteiger partial charge in [-0.05, 0) is 49.3 Å². The zero-order chi connectivity index (χ0) is 18.4. The van der Waals surface area contributed by atoms with Gasteiger partial charge in [0.25, 0.3) is 0 Å². The number of halogens is 3. The third kappa shape index (κ3) is 3.23. The number of amides is 1. The highest BCUT2D eigenvalue weighted by molar-refractivity contribution is 5.83. The number of ether oxygens (including phenoxy) is 1. The van der Waals surface area contributed by atoms with Gasteiger partial charge >= 0.3 is 6.18 Å². The van der Waals surface area contributed by atoms with E-state index in [1.807, 2.05) is 0 Å². The second kappa shape index (κ2) is 6.22. The van der Waals surface area contributed by atoms with Gasteiger partial charge in [-0.15, -0.1) is 0 Å². The van der Waals surface area contributed by atoms with Crippen LogP contribution in [0.15, 0.2) is 18.2 Å². The normalized spacial score (nSPS) is 26.5. The highest BCUT2D eigenvalue weighted by Crippen LogP contribution is 2.49. The van der Waals surface area contributed by atoms with Crippen molar-refractivity contribution in [3.05, 3.63) is 29.3 Å². The molecule has 3 rings (SSSR count). The third-order valence-electron chi connectivity index (χ3n) is 5.74. The first-order valence-corrected chi connectivity index (χ1v) is 8.76. The zero-order valence-electron chi connectivity index (χ0n) is 14.8. The molecule has 0 saturated heterocycles. The van der Waals surface area contributed by atoms with E-state index in [9.17, 15) is 18.0 Å². The van der Waals surface area contributed by atoms with Crippen molar-refractivity contribution < 1.29 is 22.7 Å². The molecule has 0 spiro atoms. The van der Waals surface area contributed by atoms with Crippen LogP contribution in [0.1, 0.15) is 51.2 Å². The van der Waals surface area contributed by atoms with Gasteiger partial charge in [0.1, 0.15) is 5.75 Å². The summed E-state index contributed by atoms with van der Waals surface area (Å²) in [6.07, 6.45) is -1.74. The molecule has 2 aliphatic rings. The van der Waals surface area contributed by atoms with E-state index in [2.05, 4.69) is 20.8 Å². The molecule has 0 N–H and O–H groups in total. The fraction of sp³-hybridized carbons (Fsp3) is 0.632. The molecule has 1 fully saturated rings. The maximum atomic E-state index is 13.2. The van der Waals surface area contributed by atoms with E-state index in [-0.39, 0.29) is 25.1 Å². The summed E-state index contributed by atoms with van der Waals surface area (Å²) < 4.78 is 44.4. The smallest absolute Gasteiger partial charge is 0.416 e. The highest BCUT2D eigenvalue weighted by Gasteiger charge is 2.48. The number of benzene rings is 1. The predicted octanol–water partition coefficient (Wildman–Crippen LogP) is 4.85. The Morgan fingerprint density at radius 1 is 1.36 bits per heavy atom. The first-order chi connectivity index (χ1) is 11.6. The molecule has 138 valence electrons. The second-order valence-corrected chi connectivity index (χ2v) is 7.76. The number of fused-ring (bicyclic) bond motifs is 1. The molecule has 1 aromatic rings. The minimum Gasteiger partial charge on any atom is -0.473 e. The van der Waals surface area contributed by atoms with E-state index in [0.717, 1.165) is 31.4 Å². The number of carbonyl (C=O) groups excluding carboxylic acids is 1. The molecule has 3 nitrogen and oxygen atoms in total. The third-order valence-corrected chi connectivity index (χ3v) is 5.74. The quantitative estimate of drug-likeness (QED) is 0.759. The van der Waals surface area contributed by atoms with Crippen LogP contribution in [0.4, 0.5) is 13.2 Å². The van der Waals surface area contributed by atoms with E-state index in [4.69, 9.17) is 4.74 Å². The summed E-state index contributed by atoms with van der Waals surface area (Å²) in [7, 11) is 0. The second-order valence-electron chi connectivity index (χ2n) is 7.76. The van der Waals surface area contributed by atoms with Crippen molar-refractivity contribution in [2.75, 3.05) is 6.73 Å². The van der Waals surface area contributed by atoms with Crippen molar-refractivity contribution in [2.45, 2.75) is 52.8 Å².